The Morgan fingerprint density at radius 3 is 2.43 bits per heavy atom. The molecule has 0 saturated carbocycles. The first-order valence-corrected chi connectivity index (χ1v) is 6.89. The smallest absolute Gasteiger partial charge is 0.132 e. The van der Waals surface area contributed by atoms with Gasteiger partial charge >= 0.3 is 0 Å². The highest BCUT2D eigenvalue weighted by atomic mass is 19.1. The predicted octanol–water partition coefficient (Wildman–Crippen LogP) is 3.18. The second-order valence-electron chi connectivity index (χ2n) is 4.79. The van der Waals surface area contributed by atoms with Crippen LogP contribution >= 0.6 is 0 Å². The molecule has 1 aromatic heterocycles. The molecular weight excluding hydrogens is 265 g/mol. The van der Waals surface area contributed by atoms with Gasteiger partial charge in [0.05, 0.1) is 17.1 Å². The molecule has 3 aromatic rings. The Kier molecular flexibility index (Phi) is 3.79. The number of para-hydroxylation sites is 1. The van der Waals surface area contributed by atoms with Crippen molar-refractivity contribution in [3.8, 4) is 16.9 Å². The average Bonchev–Trinajstić information content (AvgIpc) is 2.93. The predicted molar refractivity (Wildman–Crippen MR) is 81.7 cm³/mol. The van der Waals surface area contributed by atoms with Crippen LogP contribution in [0.2, 0.25) is 0 Å². The first-order valence-electron chi connectivity index (χ1n) is 6.89. The van der Waals surface area contributed by atoms with Crippen molar-refractivity contribution in [1.82, 2.24) is 9.78 Å². The molecule has 0 aliphatic heterocycles. The molecule has 0 saturated heterocycles. The SMILES string of the molecule is NCCc1cc(-c2ccccc2F)n(-c2ccccc2)n1. The largest absolute Gasteiger partial charge is 0.330 e. The van der Waals surface area contributed by atoms with Gasteiger partial charge in [0.1, 0.15) is 5.82 Å². The minimum absolute atomic E-state index is 0.256. The highest BCUT2D eigenvalue weighted by Gasteiger charge is 2.14. The standard InChI is InChI=1S/C17H16FN3/c18-16-9-5-4-8-15(16)17-12-13(10-11-19)20-21(17)14-6-2-1-3-7-14/h1-9,12H,10-11,19H2. The van der Waals surface area contributed by atoms with E-state index in [-0.39, 0.29) is 5.82 Å². The van der Waals surface area contributed by atoms with Crippen molar-refractivity contribution in [3.05, 3.63) is 72.2 Å². The fraction of sp³-hybridized carbons (Fsp3) is 0.118. The Bertz CT molecular complexity index is 735. The summed E-state index contributed by atoms with van der Waals surface area (Å²) in [5, 5.41) is 4.56. The lowest BCUT2D eigenvalue weighted by molar-refractivity contribution is 0.629. The van der Waals surface area contributed by atoms with Crippen LogP contribution < -0.4 is 5.73 Å². The van der Waals surface area contributed by atoms with Gasteiger partial charge in [-0.1, -0.05) is 30.3 Å². The third-order valence-electron chi connectivity index (χ3n) is 3.31. The Morgan fingerprint density at radius 2 is 1.71 bits per heavy atom. The molecule has 106 valence electrons. The van der Waals surface area contributed by atoms with Crippen molar-refractivity contribution >= 4 is 0 Å². The van der Waals surface area contributed by atoms with Gasteiger partial charge in [-0.2, -0.15) is 5.10 Å². The highest BCUT2D eigenvalue weighted by Crippen LogP contribution is 2.26. The maximum Gasteiger partial charge on any atom is 0.132 e. The zero-order valence-electron chi connectivity index (χ0n) is 11.5. The van der Waals surface area contributed by atoms with E-state index in [0.29, 0.717) is 18.5 Å². The molecule has 0 unspecified atom stereocenters. The van der Waals surface area contributed by atoms with Crippen molar-refractivity contribution in [2.24, 2.45) is 5.73 Å². The topological polar surface area (TPSA) is 43.8 Å². The minimum Gasteiger partial charge on any atom is -0.330 e. The average molecular weight is 281 g/mol. The third-order valence-corrected chi connectivity index (χ3v) is 3.31. The molecule has 2 N–H and O–H groups in total. The van der Waals surface area contributed by atoms with E-state index >= 15 is 0 Å². The second-order valence-corrected chi connectivity index (χ2v) is 4.79. The summed E-state index contributed by atoms with van der Waals surface area (Å²) in [6.45, 7) is 0.516. The van der Waals surface area contributed by atoms with Gasteiger partial charge in [0.15, 0.2) is 0 Å². The molecule has 0 spiro atoms. The summed E-state index contributed by atoms with van der Waals surface area (Å²) in [6, 6.07) is 18.3. The van der Waals surface area contributed by atoms with Crippen molar-refractivity contribution in [3.63, 3.8) is 0 Å². The van der Waals surface area contributed by atoms with Crippen molar-refractivity contribution in [1.29, 1.82) is 0 Å². The van der Waals surface area contributed by atoms with Crippen LogP contribution in [-0.4, -0.2) is 16.3 Å². The van der Waals surface area contributed by atoms with Crippen molar-refractivity contribution < 1.29 is 4.39 Å². The Balaban J connectivity index is 2.17. The monoisotopic (exact) mass is 281 g/mol. The maximum absolute atomic E-state index is 14.1. The zero-order chi connectivity index (χ0) is 14.7. The molecule has 0 radical (unpaired) electrons. The molecule has 1 heterocycles. The van der Waals surface area contributed by atoms with Crippen LogP contribution in [0, 0.1) is 5.82 Å². The van der Waals surface area contributed by atoms with Crippen LogP contribution in [0.15, 0.2) is 60.7 Å². The normalized spacial score (nSPS) is 10.8. The van der Waals surface area contributed by atoms with E-state index in [4.69, 9.17) is 5.73 Å². The molecule has 0 fully saturated rings. The number of nitrogens with two attached hydrogens (primary N) is 1. The summed E-state index contributed by atoms with van der Waals surface area (Å²) >= 11 is 0. The number of hydrogen-bond donors (Lipinski definition) is 1. The quantitative estimate of drug-likeness (QED) is 0.798. The number of hydrogen-bond acceptors (Lipinski definition) is 2. The Morgan fingerprint density at radius 1 is 1.00 bits per heavy atom. The number of rotatable bonds is 4. The summed E-state index contributed by atoms with van der Waals surface area (Å²) < 4.78 is 15.9. The molecule has 3 rings (SSSR count). The van der Waals surface area contributed by atoms with Gasteiger partial charge in [-0.25, -0.2) is 9.07 Å². The van der Waals surface area contributed by atoms with Crippen LogP contribution in [-0.2, 0) is 6.42 Å². The lowest BCUT2D eigenvalue weighted by Gasteiger charge is -2.08. The van der Waals surface area contributed by atoms with E-state index in [9.17, 15) is 4.39 Å². The highest BCUT2D eigenvalue weighted by molar-refractivity contribution is 5.63. The molecule has 0 bridgehead atoms. The van der Waals surface area contributed by atoms with E-state index in [1.54, 1.807) is 16.8 Å². The summed E-state index contributed by atoms with van der Waals surface area (Å²) in [5.41, 5.74) is 8.64. The van der Waals surface area contributed by atoms with Gasteiger partial charge in [0.2, 0.25) is 0 Å². The van der Waals surface area contributed by atoms with Crippen LogP contribution in [0.5, 0.6) is 0 Å². The fourth-order valence-electron chi connectivity index (χ4n) is 2.33. The van der Waals surface area contributed by atoms with Gasteiger partial charge in [-0.15, -0.1) is 0 Å². The molecule has 0 aliphatic carbocycles. The first-order chi connectivity index (χ1) is 10.3. The maximum atomic E-state index is 14.1. The molecule has 0 aliphatic rings. The summed E-state index contributed by atoms with van der Waals surface area (Å²) in [4.78, 5) is 0. The van der Waals surface area contributed by atoms with Gasteiger partial charge in [-0.05, 0) is 36.9 Å². The van der Waals surface area contributed by atoms with E-state index in [1.165, 1.54) is 6.07 Å². The summed E-state index contributed by atoms with van der Waals surface area (Å²) in [7, 11) is 0. The van der Waals surface area contributed by atoms with E-state index in [2.05, 4.69) is 5.10 Å². The summed E-state index contributed by atoms with van der Waals surface area (Å²) in [6.07, 6.45) is 0.668. The molecule has 0 amide bonds. The summed E-state index contributed by atoms with van der Waals surface area (Å²) in [5.74, 6) is -0.256. The van der Waals surface area contributed by atoms with E-state index < -0.39 is 0 Å². The van der Waals surface area contributed by atoms with Crippen LogP contribution in [0.1, 0.15) is 5.69 Å². The lowest BCUT2D eigenvalue weighted by Crippen LogP contribution is -2.04. The molecule has 21 heavy (non-hydrogen) atoms. The number of benzene rings is 2. The first kappa shape index (κ1) is 13.5. The van der Waals surface area contributed by atoms with Crippen LogP contribution in [0.3, 0.4) is 0 Å². The number of nitrogens with zero attached hydrogens (tertiary/aromatic N) is 2. The van der Waals surface area contributed by atoms with Crippen molar-refractivity contribution in [2.75, 3.05) is 6.54 Å². The molecule has 3 nitrogen and oxygen atoms in total. The van der Waals surface area contributed by atoms with Crippen LogP contribution in [0.4, 0.5) is 4.39 Å². The van der Waals surface area contributed by atoms with Gasteiger partial charge in [0.25, 0.3) is 0 Å². The van der Waals surface area contributed by atoms with Gasteiger partial charge in [0, 0.05) is 12.0 Å². The lowest BCUT2D eigenvalue weighted by atomic mass is 10.1. The number of halogens is 1. The van der Waals surface area contributed by atoms with Gasteiger partial charge < -0.3 is 5.73 Å². The minimum atomic E-state index is -0.256. The molecule has 2 aromatic carbocycles. The fourth-order valence-corrected chi connectivity index (χ4v) is 2.33. The third kappa shape index (κ3) is 2.71. The van der Waals surface area contributed by atoms with Crippen LogP contribution in [0.25, 0.3) is 16.9 Å². The Labute approximate surface area is 122 Å². The zero-order valence-corrected chi connectivity index (χ0v) is 11.5. The Hall–Kier alpha value is -2.46. The molecule has 0 atom stereocenters. The van der Waals surface area contributed by atoms with E-state index in [1.807, 2.05) is 42.5 Å². The number of aromatic nitrogens is 2. The van der Waals surface area contributed by atoms with E-state index in [0.717, 1.165) is 17.1 Å². The molecular formula is C17H16FN3. The van der Waals surface area contributed by atoms with Gasteiger partial charge in [-0.3, -0.25) is 0 Å². The second kappa shape index (κ2) is 5.89. The molecule has 4 heteroatoms. The van der Waals surface area contributed by atoms with Crippen molar-refractivity contribution in [2.45, 2.75) is 6.42 Å².